The number of aliphatic hydroxyl groups excluding tert-OH is 1. The van der Waals surface area contributed by atoms with Crippen LogP contribution in [-0.2, 0) is 6.54 Å². The molecule has 20 heavy (non-hydrogen) atoms. The highest BCUT2D eigenvalue weighted by Gasteiger charge is 2.31. The summed E-state index contributed by atoms with van der Waals surface area (Å²) < 4.78 is 10.5. The topological polar surface area (TPSA) is 76.5 Å². The summed E-state index contributed by atoms with van der Waals surface area (Å²) in [5.41, 5.74) is 0.584. The summed E-state index contributed by atoms with van der Waals surface area (Å²) in [6.45, 7) is 0.666. The number of nitrogens with one attached hydrogen (secondary N) is 1. The van der Waals surface area contributed by atoms with Crippen molar-refractivity contribution in [2.75, 3.05) is 20.8 Å². The minimum absolute atomic E-state index is 0.144. The van der Waals surface area contributed by atoms with Crippen LogP contribution in [0.15, 0.2) is 6.33 Å². The van der Waals surface area contributed by atoms with E-state index in [1.807, 2.05) is 0 Å². The number of ether oxygens (including phenoxy) is 2. The van der Waals surface area contributed by atoms with Crippen LogP contribution in [0.2, 0.25) is 0 Å². The fourth-order valence-electron chi connectivity index (χ4n) is 2.78. The van der Waals surface area contributed by atoms with Gasteiger partial charge in [-0.05, 0) is 12.8 Å². The summed E-state index contributed by atoms with van der Waals surface area (Å²) in [6, 6.07) is 0. The van der Waals surface area contributed by atoms with E-state index in [1.54, 1.807) is 14.2 Å². The van der Waals surface area contributed by atoms with E-state index in [-0.39, 0.29) is 12.1 Å². The zero-order valence-electron chi connectivity index (χ0n) is 12.2. The first-order chi connectivity index (χ1) is 9.74. The summed E-state index contributed by atoms with van der Waals surface area (Å²) in [5.74, 6) is 1.02. The number of aliphatic hydroxyl groups is 1. The van der Waals surface area contributed by atoms with Gasteiger partial charge in [0.2, 0.25) is 11.8 Å². The second-order valence-corrected chi connectivity index (χ2v) is 5.22. The molecule has 1 saturated carbocycles. The molecule has 0 aliphatic heterocycles. The van der Waals surface area contributed by atoms with Crippen LogP contribution in [0, 0.1) is 0 Å². The number of hydrogen-bond donors (Lipinski definition) is 2. The minimum atomic E-state index is -0.204. The Labute approximate surface area is 119 Å². The van der Waals surface area contributed by atoms with Gasteiger partial charge in [0.05, 0.1) is 26.4 Å². The molecule has 0 amide bonds. The average molecular weight is 281 g/mol. The molecule has 1 fully saturated rings. The SMILES string of the molecule is COc1ncnc(OC)c1CNC1(CO)CCCCC1. The first kappa shape index (κ1) is 15.0. The van der Waals surface area contributed by atoms with Gasteiger partial charge in [-0.1, -0.05) is 19.3 Å². The molecule has 0 atom stereocenters. The molecule has 1 aromatic rings. The molecule has 0 aromatic carbocycles. The first-order valence-electron chi connectivity index (χ1n) is 7.02. The van der Waals surface area contributed by atoms with Crippen molar-refractivity contribution < 1.29 is 14.6 Å². The minimum Gasteiger partial charge on any atom is -0.481 e. The summed E-state index contributed by atoms with van der Waals surface area (Å²) in [7, 11) is 3.15. The highest BCUT2D eigenvalue weighted by molar-refractivity contribution is 5.34. The Hall–Kier alpha value is -1.40. The van der Waals surface area contributed by atoms with Gasteiger partial charge in [-0.3, -0.25) is 0 Å². The first-order valence-corrected chi connectivity index (χ1v) is 7.02. The summed E-state index contributed by atoms with van der Waals surface area (Å²) in [6.07, 6.45) is 6.93. The van der Waals surface area contributed by atoms with Gasteiger partial charge in [-0.25, -0.2) is 9.97 Å². The molecule has 6 nitrogen and oxygen atoms in total. The van der Waals surface area contributed by atoms with Crippen molar-refractivity contribution in [3.8, 4) is 11.8 Å². The predicted octanol–water partition coefficient (Wildman–Crippen LogP) is 1.28. The van der Waals surface area contributed by atoms with Crippen LogP contribution in [-0.4, -0.2) is 41.4 Å². The summed E-state index contributed by atoms with van der Waals surface area (Å²) >= 11 is 0. The van der Waals surface area contributed by atoms with Gasteiger partial charge < -0.3 is 19.9 Å². The predicted molar refractivity (Wildman–Crippen MR) is 74.9 cm³/mol. The lowest BCUT2D eigenvalue weighted by Gasteiger charge is -2.36. The maximum Gasteiger partial charge on any atom is 0.224 e. The molecule has 1 heterocycles. The highest BCUT2D eigenvalue weighted by Crippen LogP contribution is 2.30. The quantitative estimate of drug-likeness (QED) is 0.818. The van der Waals surface area contributed by atoms with Crippen molar-refractivity contribution in [2.24, 2.45) is 0 Å². The Morgan fingerprint density at radius 2 is 1.75 bits per heavy atom. The van der Waals surface area contributed by atoms with Crippen LogP contribution >= 0.6 is 0 Å². The number of hydrogen-bond acceptors (Lipinski definition) is 6. The molecular weight excluding hydrogens is 258 g/mol. The molecule has 0 saturated heterocycles. The Bertz CT molecular complexity index is 411. The Kier molecular flexibility index (Phi) is 5.14. The zero-order chi connectivity index (χ0) is 14.4. The fourth-order valence-corrected chi connectivity index (χ4v) is 2.78. The van der Waals surface area contributed by atoms with Gasteiger partial charge in [-0.2, -0.15) is 0 Å². The van der Waals surface area contributed by atoms with Crippen LogP contribution in [0.3, 0.4) is 0 Å². The molecule has 1 aromatic heterocycles. The van der Waals surface area contributed by atoms with Gasteiger partial charge in [-0.15, -0.1) is 0 Å². The van der Waals surface area contributed by atoms with E-state index in [2.05, 4.69) is 15.3 Å². The van der Waals surface area contributed by atoms with Crippen molar-refractivity contribution in [1.82, 2.24) is 15.3 Å². The zero-order valence-corrected chi connectivity index (χ0v) is 12.2. The second kappa shape index (κ2) is 6.85. The molecule has 112 valence electrons. The van der Waals surface area contributed by atoms with E-state index >= 15 is 0 Å². The van der Waals surface area contributed by atoms with Crippen LogP contribution in [0.25, 0.3) is 0 Å². The third kappa shape index (κ3) is 3.19. The molecule has 1 aliphatic rings. The molecule has 0 bridgehead atoms. The molecule has 1 aliphatic carbocycles. The van der Waals surface area contributed by atoms with Gasteiger partial charge in [0, 0.05) is 12.1 Å². The number of rotatable bonds is 6. The van der Waals surface area contributed by atoms with Gasteiger partial charge in [0.15, 0.2) is 0 Å². The van der Waals surface area contributed by atoms with E-state index in [0.717, 1.165) is 31.2 Å². The van der Waals surface area contributed by atoms with Gasteiger partial charge in [0.25, 0.3) is 0 Å². The van der Waals surface area contributed by atoms with E-state index < -0.39 is 0 Å². The fraction of sp³-hybridized carbons (Fsp3) is 0.714. The van der Waals surface area contributed by atoms with Crippen molar-refractivity contribution >= 4 is 0 Å². The number of methoxy groups -OCH3 is 2. The number of nitrogens with zero attached hydrogens (tertiary/aromatic N) is 2. The molecule has 2 N–H and O–H groups in total. The normalized spacial score (nSPS) is 17.8. The Morgan fingerprint density at radius 3 is 2.25 bits per heavy atom. The van der Waals surface area contributed by atoms with E-state index in [0.29, 0.717) is 18.3 Å². The Morgan fingerprint density at radius 1 is 1.15 bits per heavy atom. The molecule has 0 unspecified atom stereocenters. The molecule has 0 radical (unpaired) electrons. The molecule has 0 spiro atoms. The van der Waals surface area contributed by atoms with Gasteiger partial charge >= 0.3 is 0 Å². The molecule has 2 rings (SSSR count). The highest BCUT2D eigenvalue weighted by atomic mass is 16.5. The Balaban J connectivity index is 2.13. The van der Waals surface area contributed by atoms with Crippen molar-refractivity contribution in [3.05, 3.63) is 11.9 Å². The van der Waals surface area contributed by atoms with Crippen molar-refractivity contribution in [3.63, 3.8) is 0 Å². The van der Waals surface area contributed by atoms with Crippen LogP contribution in [0.1, 0.15) is 37.7 Å². The third-order valence-corrected chi connectivity index (χ3v) is 4.01. The van der Waals surface area contributed by atoms with Crippen molar-refractivity contribution in [2.45, 2.75) is 44.2 Å². The third-order valence-electron chi connectivity index (χ3n) is 4.01. The molecular formula is C14H23N3O3. The lowest BCUT2D eigenvalue weighted by atomic mass is 9.82. The lowest BCUT2D eigenvalue weighted by Crippen LogP contribution is -2.49. The second-order valence-electron chi connectivity index (χ2n) is 5.22. The van der Waals surface area contributed by atoms with Crippen LogP contribution < -0.4 is 14.8 Å². The summed E-state index contributed by atoms with van der Waals surface area (Å²) in [5, 5.41) is 13.2. The summed E-state index contributed by atoms with van der Waals surface area (Å²) in [4.78, 5) is 8.20. The maximum atomic E-state index is 9.72. The van der Waals surface area contributed by atoms with Crippen LogP contribution in [0.4, 0.5) is 0 Å². The van der Waals surface area contributed by atoms with Crippen LogP contribution in [0.5, 0.6) is 11.8 Å². The molecule has 6 heteroatoms. The standard InChI is InChI=1S/C14H23N3O3/c1-19-12-11(13(20-2)16-10-15-12)8-17-14(9-18)6-4-3-5-7-14/h10,17-18H,3-9H2,1-2H3. The van der Waals surface area contributed by atoms with Crippen molar-refractivity contribution in [1.29, 1.82) is 0 Å². The lowest BCUT2D eigenvalue weighted by molar-refractivity contribution is 0.119. The maximum absolute atomic E-state index is 9.72. The van der Waals surface area contributed by atoms with E-state index in [4.69, 9.17) is 9.47 Å². The number of aromatic nitrogens is 2. The van der Waals surface area contributed by atoms with E-state index in [1.165, 1.54) is 12.7 Å². The van der Waals surface area contributed by atoms with Gasteiger partial charge in [0.1, 0.15) is 6.33 Å². The average Bonchev–Trinajstić information content (AvgIpc) is 2.53. The monoisotopic (exact) mass is 281 g/mol. The smallest absolute Gasteiger partial charge is 0.224 e. The van der Waals surface area contributed by atoms with E-state index in [9.17, 15) is 5.11 Å². The largest absolute Gasteiger partial charge is 0.481 e.